The Hall–Kier alpha value is -0.900. The number of hydrogen-bond acceptors (Lipinski definition) is 3. The van der Waals surface area contributed by atoms with E-state index in [1.165, 1.54) is 12.8 Å². The second-order valence-corrected chi connectivity index (χ2v) is 5.97. The number of amides is 1. The van der Waals surface area contributed by atoms with Crippen LogP contribution in [0, 0.1) is 17.8 Å². The molecule has 2 fully saturated rings. The largest absolute Gasteiger partial charge is 0.381 e. The van der Waals surface area contributed by atoms with Crippen LogP contribution in [0.1, 0.15) is 39.0 Å². The van der Waals surface area contributed by atoms with E-state index in [2.05, 4.69) is 12.0 Å². The summed E-state index contributed by atoms with van der Waals surface area (Å²) < 4.78 is 5.48. The van der Waals surface area contributed by atoms with Crippen molar-refractivity contribution >= 4 is 11.6 Å². The number of nitrogens with zero attached hydrogens (tertiary/aromatic N) is 2. The maximum atomic E-state index is 12.0. The maximum Gasteiger partial charge on any atom is 0.248 e. The average Bonchev–Trinajstić information content (AvgIpc) is 3.17. The maximum absolute atomic E-state index is 12.0. The highest BCUT2D eigenvalue weighted by Crippen LogP contribution is 2.37. The van der Waals surface area contributed by atoms with Gasteiger partial charge in [-0.15, -0.1) is 0 Å². The summed E-state index contributed by atoms with van der Waals surface area (Å²) in [5.41, 5.74) is 1.06. The Morgan fingerprint density at radius 3 is 2.94 bits per heavy atom. The summed E-state index contributed by atoms with van der Waals surface area (Å²) in [7, 11) is 0. The Morgan fingerprint density at radius 1 is 1.44 bits per heavy atom. The van der Waals surface area contributed by atoms with Crippen molar-refractivity contribution in [2.24, 2.45) is 22.9 Å². The first-order chi connectivity index (χ1) is 8.74. The quantitative estimate of drug-likeness (QED) is 0.766. The first-order valence-electron chi connectivity index (χ1n) is 7.19. The predicted octanol–water partition coefficient (Wildman–Crippen LogP) is 2.05. The third kappa shape index (κ3) is 2.58. The lowest BCUT2D eigenvalue weighted by Gasteiger charge is -2.21. The fourth-order valence-electron chi connectivity index (χ4n) is 2.95. The van der Waals surface area contributed by atoms with E-state index in [0.717, 1.165) is 44.2 Å². The zero-order chi connectivity index (χ0) is 12.5. The van der Waals surface area contributed by atoms with Crippen LogP contribution < -0.4 is 0 Å². The summed E-state index contributed by atoms with van der Waals surface area (Å²) in [6.07, 6.45) is 5.40. The van der Waals surface area contributed by atoms with Gasteiger partial charge in [0.05, 0.1) is 18.7 Å². The van der Waals surface area contributed by atoms with E-state index in [1.54, 1.807) is 5.01 Å². The molecule has 0 aromatic heterocycles. The molecule has 0 aromatic carbocycles. The van der Waals surface area contributed by atoms with Crippen molar-refractivity contribution in [3.63, 3.8) is 0 Å². The summed E-state index contributed by atoms with van der Waals surface area (Å²) in [6.45, 7) is 4.65. The summed E-state index contributed by atoms with van der Waals surface area (Å²) in [5.74, 6) is 1.99. The van der Waals surface area contributed by atoms with Crippen LogP contribution in [-0.4, -0.2) is 36.4 Å². The van der Waals surface area contributed by atoms with Crippen LogP contribution >= 0.6 is 0 Å². The van der Waals surface area contributed by atoms with Gasteiger partial charge in [0, 0.05) is 19.1 Å². The zero-order valence-electron chi connectivity index (χ0n) is 11.1. The summed E-state index contributed by atoms with van der Waals surface area (Å²) in [6, 6.07) is 0. The van der Waals surface area contributed by atoms with Gasteiger partial charge < -0.3 is 4.74 Å². The van der Waals surface area contributed by atoms with Crippen molar-refractivity contribution in [2.75, 3.05) is 19.8 Å². The van der Waals surface area contributed by atoms with E-state index < -0.39 is 0 Å². The molecular formula is C14H22N2O2. The van der Waals surface area contributed by atoms with Crippen LogP contribution in [-0.2, 0) is 9.53 Å². The molecule has 1 amide bonds. The van der Waals surface area contributed by atoms with E-state index in [1.807, 2.05) is 0 Å². The average molecular weight is 250 g/mol. The number of ether oxygens (including phenoxy) is 1. The van der Waals surface area contributed by atoms with Gasteiger partial charge in [0.15, 0.2) is 0 Å². The molecule has 2 aliphatic heterocycles. The van der Waals surface area contributed by atoms with Gasteiger partial charge in [0.25, 0.3) is 0 Å². The first-order valence-corrected chi connectivity index (χ1v) is 7.19. The molecule has 2 atom stereocenters. The molecular weight excluding hydrogens is 228 g/mol. The fraction of sp³-hybridized carbons (Fsp3) is 0.857. The highest BCUT2D eigenvalue weighted by molar-refractivity contribution is 6.06. The highest BCUT2D eigenvalue weighted by Gasteiger charge is 2.34. The number of hydrogen-bond donors (Lipinski definition) is 0. The molecule has 0 N–H and O–H groups in total. The van der Waals surface area contributed by atoms with E-state index in [4.69, 9.17) is 4.74 Å². The molecule has 18 heavy (non-hydrogen) atoms. The minimum absolute atomic E-state index is 0.183. The fourth-order valence-corrected chi connectivity index (χ4v) is 2.95. The van der Waals surface area contributed by atoms with Gasteiger partial charge >= 0.3 is 0 Å². The van der Waals surface area contributed by atoms with Crippen LogP contribution in [0.15, 0.2) is 5.10 Å². The molecule has 2 unspecified atom stereocenters. The topological polar surface area (TPSA) is 41.9 Å². The molecule has 4 nitrogen and oxygen atoms in total. The minimum atomic E-state index is 0.183. The van der Waals surface area contributed by atoms with E-state index in [0.29, 0.717) is 18.3 Å². The number of rotatable bonds is 4. The van der Waals surface area contributed by atoms with Gasteiger partial charge in [-0.3, -0.25) is 4.79 Å². The van der Waals surface area contributed by atoms with Crippen molar-refractivity contribution in [2.45, 2.75) is 39.0 Å². The smallest absolute Gasteiger partial charge is 0.248 e. The number of carbonyl (C=O) groups is 1. The third-order valence-corrected chi connectivity index (χ3v) is 4.39. The summed E-state index contributed by atoms with van der Waals surface area (Å²) >= 11 is 0. The summed E-state index contributed by atoms with van der Waals surface area (Å²) in [5, 5.41) is 6.28. The van der Waals surface area contributed by atoms with Crippen LogP contribution in [0.5, 0.6) is 0 Å². The normalized spacial score (nSPS) is 30.5. The van der Waals surface area contributed by atoms with E-state index >= 15 is 0 Å². The van der Waals surface area contributed by atoms with Crippen LogP contribution in [0.25, 0.3) is 0 Å². The molecule has 1 saturated carbocycles. The predicted molar refractivity (Wildman–Crippen MR) is 69.2 cm³/mol. The van der Waals surface area contributed by atoms with Gasteiger partial charge in [0.1, 0.15) is 0 Å². The lowest BCUT2D eigenvalue weighted by molar-refractivity contribution is -0.129. The SMILES string of the molecule is CC(CN1N=C(C2CCCOC2)CC1=O)C1CC1. The molecule has 100 valence electrons. The molecule has 4 heteroatoms. The Labute approximate surface area is 108 Å². The van der Waals surface area contributed by atoms with E-state index in [9.17, 15) is 4.79 Å². The lowest BCUT2D eigenvalue weighted by atomic mass is 9.95. The molecule has 3 rings (SSSR count). The number of hydrazone groups is 1. The molecule has 1 saturated heterocycles. The highest BCUT2D eigenvalue weighted by atomic mass is 16.5. The van der Waals surface area contributed by atoms with Crippen molar-refractivity contribution in [3.05, 3.63) is 0 Å². The second-order valence-electron chi connectivity index (χ2n) is 5.97. The van der Waals surface area contributed by atoms with Gasteiger partial charge in [-0.1, -0.05) is 6.92 Å². The van der Waals surface area contributed by atoms with Gasteiger partial charge in [-0.2, -0.15) is 5.10 Å². The molecule has 0 bridgehead atoms. The van der Waals surface area contributed by atoms with Gasteiger partial charge in [-0.25, -0.2) is 5.01 Å². The Bertz CT molecular complexity index is 357. The second kappa shape index (κ2) is 5.00. The monoisotopic (exact) mass is 250 g/mol. The van der Waals surface area contributed by atoms with Crippen LogP contribution in [0.4, 0.5) is 0 Å². The molecule has 3 aliphatic rings. The van der Waals surface area contributed by atoms with Crippen molar-refractivity contribution < 1.29 is 9.53 Å². The molecule has 0 radical (unpaired) electrons. The summed E-state index contributed by atoms with van der Waals surface area (Å²) in [4.78, 5) is 12.0. The minimum Gasteiger partial charge on any atom is -0.381 e. The Balaban J connectivity index is 1.60. The van der Waals surface area contributed by atoms with Gasteiger partial charge in [0.2, 0.25) is 5.91 Å². The van der Waals surface area contributed by atoms with Gasteiger partial charge in [-0.05, 0) is 37.5 Å². The van der Waals surface area contributed by atoms with Crippen LogP contribution in [0.2, 0.25) is 0 Å². The van der Waals surface area contributed by atoms with Crippen LogP contribution in [0.3, 0.4) is 0 Å². The Kier molecular flexibility index (Phi) is 3.37. The molecule has 2 heterocycles. The zero-order valence-corrected chi connectivity index (χ0v) is 11.1. The van der Waals surface area contributed by atoms with Crippen molar-refractivity contribution in [1.29, 1.82) is 0 Å². The third-order valence-electron chi connectivity index (χ3n) is 4.39. The van der Waals surface area contributed by atoms with Crippen molar-refractivity contribution in [1.82, 2.24) is 5.01 Å². The standard InChI is InChI=1S/C14H22N2O2/c1-10(11-4-5-11)8-16-14(17)7-13(15-16)12-3-2-6-18-9-12/h10-12H,2-9H2,1H3. The Morgan fingerprint density at radius 2 is 2.28 bits per heavy atom. The van der Waals surface area contributed by atoms with Crippen molar-refractivity contribution in [3.8, 4) is 0 Å². The molecule has 0 aromatic rings. The number of carbonyl (C=O) groups excluding carboxylic acids is 1. The first kappa shape index (κ1) is 12.2. The molecule has 0 spiro atoms. The van der Waals surface area contributed by atoms with E-state index in [-0.39, 0.29) is 5.91 Å². The lowest BCUT2D eigenvalue weighted by Crippen LogP contribution is -2.27. The molecule has 1 aliphatic carbocycles.